The van der Waals surface area contributed by atoms with Crippen LogP contribution in [0.4, 0.5) is 5.69 Å². The van der Waals surface area contributed by atoms with Gasteiger partial charge in [-0.25, -0.2) is 0 Å². The SMILES string of the molecule is NC1CC(Nc2cccnc2)c2ccccc21. The van der Waals surface area contributed by atoms with Crippen molar-refractivity contribution in [1.29, 1.82) is 0 Å². The van der Waals surface area contributed by atoms with E-state index in [0.717, 1.165) is 12.1 Å². The van der Waals surface area contributed by atoms with E-state index in [4.69, 9.17) is 5.73 Å². The normalized spacial score (nSPS) is 22.2. The molecule has 1 aromatic carbocycles. The molecule has 3 nitrogen and oxygen atoms in total. The molecule has 0 fully saturated rings. The lowest BCUT2D eigenvalue weighted by atomic mass is 10.1. The summed E-state index contributed by atoms with van der Waals surface area (Å²) in [5, 5.41) is 3.48. The Hall–Kier alpha value is -1.87. The second-order valence-electron chi connectivity index (χ2n) is 4.41. The van der Waals surface area contributed by atoms with Crippen LogP contribution in [0.5, 0.6) is 0 Å². The van der Waals surface area contributed by atoms with Gasteiger partial charge in [-0.15, -0.1) is 0 Å². The van der Waals surface area contributed by atoms with Gasteiger partial charge in [0, 0.05) is 18.4 Å². The van der Waals surface area contributed by atoms with E-state index in [2.05, 4.69) is 28.5 Å². The van der Waals surface area contributed by atoms with Crippen LogP contribution in [0.15, 0.2) is 48.8 Å². The van der Waals surface area contributed by atoms with E-state index in [-0.39, 0.29) is 6.04 Å². The van der Waals surface area contributed by atoms with E-state index < -0.39 is 0 Å². The summed E-state index contributed by atoms with van der Waals surface area (Å²) < 4.78 is 0. The number of hydrogen-bond donors (Lipinski definition) is 2. The Morgan fingerprint density at radius 1 is 1.12 bits per heavy atom. The van der Waals surface area contributed by atoms with Crippen molar-refractivity contribution in [3.63, 3.8) is 0 Å². The summed E-state index contributed by atoms with van der Waals surface area (Å²) in [5.74, 6) is 0. The van der Waals surface area contributed by atoms with E-state index in [1.807, 2.05) is 24.4 Å². The van der Waals surface area contributed by atoms with Gasteiger partial charge >= 0.3 is 0 Å². The molecule has 86 valence electrons. The monoisotopic (exact) mass is 225 g/mol. The van der Waals surface area contributed by atoms with Gasteiger partial charge in [0.15, 0.2) is 0 Å². The molecule has 2 unspecified atom stereocenters. The van der Waals surface area contributed by atoms with Gasteiger partial charge in [0.2, 0.25) is 0 Å². The van der Waals surface area contributed by atoms with Gasteiger partial charge in [0.25, 0.3) is 0 Å². The summed E-state index contributed by atoms with van der Waals surface area (Å²) in [5.41, 5.74) is 9.75. The molecule has 3 heteroatoms. The fraction of sp³-hybridized carbons (Fsp3) is 0.214. The topological polar surface area (TPSA) is 50.9 Å². The maximum absolute atomic E-state index is 6.13. The van der Waals surface area contributed by atoms with Gasteiger partial charge in [0.1, 0.15) is 0 Å². The Balaban J connectivity index is 1.87. The van der Waals surface area contributed by atoms with Crippen LogP contribution in [-0.4, -0.2) is 4.98 Å². The van der Waals surface area contributed by atoms with Gasteiger partial charge in [-0.3, -0.25) is 4.98 Å². The zero-order chi connectivity index (χ0) is 11.7. The minimum absolute atomic E-state index is 0.139. The second-order valence-corrected chi connectivity index (χ2v) is 4.41. The maximum Gasteiger partial charge on any atom is 0.0535 e. The van der Waals surface area contributed by atoms with Crippen LogP contribution in [0.1, 0.15) is 29.6 Å². The van der Waals surface area contributed by atoms with Crippen molar-refractivity contribution < 1.29 is 0 Å². The maximum atomic E-state index is 6.13. The van der Waals surface area contributed by atoms with Crippen LogP contribution < -0.4 is 11.1 Å². The van der Waals surface area contributed by atoms with Crippen LogP contribution in [0.25, 0.3) is 0 Å². The highest BCUT2D eigenvalue weighted by Crippen LogP contribution is 2.38. The third-order valence-corrected chi connectivity index (χ3v) is 3.26. The largest absolute Gasteiger partial charge is 0.377 e. The number of rotatable bonds is 2. The lowest BCUT2D eigenvalue weighted by Crippen LogP contribution is -2.09. The third-order valence-electron chi connectivity index (χ3n) is 3.26. The Morgan fingerprint density at radius 3 is 2.71 bits per heavy atom. The number of fused-ring (bicyclic) bond motifs is 1. The van der Waals surface area contributed by atoms with Crippen molar-refractivity contribution in [1.82, 2.24) is 4.98 Å². The van der Waals surface area contributed by atoms with Crippen molar-refractivity contribution in [2.45, 2.75) is 18.5 Å². The Morgan fingerprint density at radius 2 is 1.94 bits per heavy atom. The predicted molar refractivity (Wildman–Crippen MR) is 68.6 cm³/mol. The second kappa shape index (κ2) is 4.18. The molecule has 3 rings (SSSR count). The van der Waals surface area contributed by atoms with Crippen molar-refractivity contribution in [3.05, 3.63) is 59.9 Å². The van der Waals surface area contributed by atoms with Crippen molar-refractivity contribution in [2.75, 3.05) is 5.32 Å². The number of aromatic nitrogens is 1. The van der Waals surface area contributed by atoms with Crippen molar-refractivity contribution in [2.24, 2.45) is 5.73 Å². The Bertz CT molecular complexity index is 510. The van der Waals surface area contributed by atoms with E-state index in [1.54, 1.807) is 6.20 Å². The first-order chi connectivity index (χ1) is 8.34. The summed E-state index contributed by atoms with van der Waals surface area (Å²) in [7, 11) is 0. The standard InChI is InChI=1S/C14H15N3/c15-13-8-14(12-6-2-1-5-11(12)13)17-10-4-3-7-16-9-10/h1-7,9,13-14,17H,8,15H2. The molecule has 1 aromatic heterocycles. The zero-order valence-corrected chi connectivity index (χ0v) is 9.51. The molecule has 1 aliphatic rings. The molecule has 2 aromatic rings. The molecular weight excluding hydrogens is 210 g/mol. The summed E-state index contributed by atoms with van der Waals surface area (Å²) in [6.07, 6.45) is 4.56. The van der Waals surface area contributed by atoms with E-state index in [0.29, 0.717) is 6.04 Å². The first kappa shape index (κ1) is 10.3. The number of nitrogens with one attached hydrogen (secondary N) is 1. The molecule has 0 spiro atoms. The van der Waals surface area contributed by atoms with E-state index >= 15 is 0 Å². The summed E-state index contributed by atoms with van der Waals surface area (Å²) in [6, 6.07) is 12.8. The summed E-state index contributed by atoms with van der Waals surface area (Å²) in [6.45, 7) is 0. The summed E-state index contributed by atoms with van der Waals surface area (Å²) in [4.78, 5) is 4.11. The van der Waals surface area contributed by atoms with Crippen LogP contribution in [0.2, 0.25) is 0 Å². The van der Waals surface area contributed by atoms with Crippen LogP contribution in [0, 0.1) is 0 Å². The number of pyridine rings is 1. The molecule has 0 saturated carbocycles. The van der Waals surface area contributed by atoms with Gasteiger partial charge < -0.3 is 11.1 Å². The molecule has 1 aliphatic carbocycles. The average Bonchev–Trinajstić information content (AvgIpc) is 2.69. The first-order valence-corrected chi connectivity index (χ1v) is 5.85. The molecule has 0 amide bonds. The third kappa shape index (κ3) is 1.89. The van der Waals surface area contributed by atoms with Crippen LogP contribution >= 0.6 is 0 Å². The molecule has 1 heterocycles. The van der Waals surface area contributed by atoms with E-state index in [1.165, 1.54) is 11.1 Å². The lowest BCUT2D eigenvalue weighted by Gasteiger charge is -2.14. The van der Waals surface area contributed by atoms with Crippen molar-refractivity contribution in [3.8, 4) is 0 Å². The highest BCUT2D eigenvalue weighted by molar-refractivity contribution is 5.47. The first-order valence-electron chi connectivity index (χ1n) is 5.85. The smallest absolute Gasteiger partial charge is 0.0535 e. The number of benzene rings is 1. The molecule has 0 radical (unpaired) electrons. The van der Waals surface area contributed by atoms with Crippen LogP contribution in [0.3, 0.4) is 0 Å². The minimum atomic E-state index is 0.139. The highest BCUT2D eigenvalue weighted by atomic mass is 14.9. The lowest BCUT2D eigenvalue weighted by molar-refractivity contribution is 0.648. The Labute approximate surface area is 101 Å². The van der Waals surface area contributed by atoms with Gasteiger partial charge in [-0.1, -0.05) is 24.3 Å². The number of hydrogen-bond acceptors (Lipinski definition) is 3. The molecule has 3 N–H and O–H groups in total. The molecule has 0 saturated heterocycles. The highest BCUT2D eigenvalue weighted by Gasteiger charge is 2.27. The number of anilines is 1. The van der Waals surface area contributed by atoms with Gasteiger partial charge in [-0.2, -0.15) is 0 Å². The van der Waals surface area contributed by atoms with Crippen LogP contribution in [-0.2, 0) is 0 Å². The Kier molecular flexibility index (Phi) is 2.53. The minimum Gasteiger partial charge on any atom is -0.377 e. The zero-order valence-electron chi connectivity index (χ0n) is 9.51. The number of nitrogens with two attached hydrogens (primary N) is 1. The quantitative estimate of drug-likeness (QED) is 0.826. The summed E-state index contributed by atoms with van der Waals surface area (Å²) >= 11 is 0. The molecular formula is C14H15N3. The van der Waals surface area contributed by atoms with Gasteiger partial charge in [-0.05, 0) is 29.7 Å². The molecule has 0 bridgehead atoms. The predicted octanol–water partition coefficient (Wildman–Crippen LogP) is 2.64. The number of nitrogens with zero attached hydrogens (tertiary/aromatic N) is 1. The molecule has 17 heavy (non-hydrogen) atoms. The van der Waals surface area contributed by atoms with E-state index in [9.17, 15) is 0 Å². The molecule has 2 atom stereocenters. The van der Waals surface area contributed by atoms with Crippen molar-refractivity contribution >= 4 is 5.69 Å². The molecule has 0 aliphatic heterocycles. The fourth-order valence-corrected chi connectivity index (χ4v) is 2.46. The fourth-order valence-electron chi connectivity index (χ4n) is 2.46. The van der Waals surface area contributed by atoms with Gasteiger partial charge in [0.05, 0.1) is 11.7 Å². The average molecular weight is 225 g/mol.